The Labute approximate surface area is 109 Å². The number of hydrogen-bond donors (Lipinski definition) is 1. The molecule has 1 aliphatic heterocycles. The normalized spacial score (nSPS) is 19.6. The predicted octanol–water partition coefficient (Wildman–Crippen LogP) is 1.93. The second-order valence-electron chi connectivity index (χ2n) is 4.60. The van der Waals surface area contributed by atoms with Crippen LogP contribution in [-0.2, 0) is 0 Å². The lowest BCUT2D eigenvalue weighted by Gasteiger charge is -2.32. The zero-order valence-electron chi connectivity index (χ0n) is 10.5. The monoisotopic (exact) mass is 272 g/mol. The van der Waals surface area contributed by atoms with Gasteiger partial charge in [0.2, 0.25) is 0 Å². The van der Waals surface area contributed by atoms with Crippen LogP contribution < -0.4 is 5.32 Å². The molecule has 0 saturated carbocycles. The van der Waals surface area contributed by atoms with Crippen molar-refractivity contribution >= 4 is 5.91 Å². The van der Waals surface area contributed by atoms with E-state index in [9.17, 15) is 18.0 Å². The summed E-state index contributed by atoms with van der Waals surface area (Å²) in [6.07, 6.45) is 1.73. The number of piperidine rings is 1. The maximum absolute atomic E-state index is 13.6. The molecular formula is C13H15F3N2O. The number of carbonyl (C=O) groups excluding carboxylic acids is 1. The smallest absolute Gasteiger partial charge is 0.256 e. The van der Waals surface area contributed by atoms with Gasteiger partial charge in [-0.1, -0.05) is 0 Å². The van der Waals surface area contributed by atoms with Crippen LogP contribution in [0.1, 0.15) is 23.2 Å². The van der Waals surface area contributed by atoms with Gasteiger partial charge in [-0.2, -0.15) is 0 Å². The Morgan fingerprint density at radius 1 is 1.32 bits per heavy atom. The van der Waals surface area contributed by atoms with Crippen molar-refractivity contribution in [2.24, 2.45) is 0 Å². The van der Waals surface area contributed by atoms with Crippen molar-refractivity contribution in [3.05, 3.63) is 35.1 Å². The van der Waals surface area contributed by atoms with Crippen molar-refractivity contribution < 1.29 is 18.0 Å². The van der Waals surface area contributed by atoms with E-state index in [1.54, 1.807) is 7.05 Å². The summed E-state index contributed by atoms with van der Waals surface area (Å²) >= 11 is 0. The third kappa shape index (κ3) is 2.73. The van der Waals surface area contributed by atoms with Gasteiger partial charge in [0.1, 0.15) is 0 Å². The molecule has 2 rings (SSSR count). The zero-order valence-corrected chi connectivity index (χ0v) is 10.5. The fraction of sp³-hybridized carbons (Fsp3) is 0.462. The minimum atomic E-state index is -1.60. The van der Waals surface area contributed by atoms with E-state index in [4.69, 9.17) is 0 Å². The van der Waals surface area contributed by atoms with Gasteiger partial charge in [-0.05, 0) is 32.0 Å². The first-order chi connectivity index (χ1) is 9.04. The van der Waals surface area contributed by atoms with Gasteiger partial charge in [0.05, 0.1) is 5.56 Å². The summed E-state index contributed by atoms with van der Waals surface area (Å²) in [4.78, 5) is 13.6. The van der Waals surface area contributed by atoms with Gasteiger partial charge in [0, 0.05) is 19.1 Å². The summed E-state index contributed by atoms with van der Waals surface area (Å²) in [6.45, 7) is 0.934. The minimum Gasteiger partial charge on any atom is -0.337 e. The molecule has 19 heavy (non-hydrogen) atoms. The molecule has 3 nitrogen and oxygen atoms in total. The Hall–Kier alpha value is -1.56. The number of nitrogens with zero attached hydrogens (tertiary/aromatic N) is 1. The van der Waals surface area contributed by atoms with Crippen LogP contribution in [-0.4, -0.2) is 37.0 Å². The summed E-state index contributed by atoms with van der Waals surface area (Å²) in [5.74, 6) is -4.92. The van der Waals surface area contributed by atoms with Gasteiger partial charge in [-0.15, -0.1) is 0 Å². The molecule has 1 aromatic rings. The van der Waals surface area contributed by atoms with Crippen molar-refractivity contribution in [3.8, 4) is 0 Å². The quantitative estimate of drug-likeness (QED) is 0.834. The van der Waals surface area contributed by atoms with Crippen molar-refractivity contribution in [1.82, 2.24) is 10.2 Å². The average Bonchev–Trinajstić information content (AvgIpc) is 2.44. The molecule has 1 saturated heterocycles. The van der Waals surface area contributed by atoms with E-state index >= 15 is 0 Å². The standard InChI is InChI=1S/C13H15F3N2O/c1-17-8-3-2-6-18(7-8)13(19)9-4-5-10(14)12(16)11(9)15/h4-5,8,17H,2-3,6-7H2,1H3/t8-/m0/s1. The highest BCUT2D eigenvalue weighted by molar-refractivity contribution is 5.94. The highest BCUT2D eigenvalue weighted by atomic mass is 19.2. The molecule has 1 aromatic carbocycles. The molecule has 104 valence electrons. The molecule has 1 heterocycles. The molecule has 0 radical (unpaired) electrons. The maximum atomic E-state index is 13.6. The largest absolute Gasteiger partial charge is 0.337 e. The van der Waals surface area contributed by atoms with Crippen LogP contribution in [0.3, 0.4) is 0 Å². The van der Waals surface area contributed by atoms with E-state index < -0.39 is 28.9 Å². The molecule has 0 bridgehead atoms. The SMILES string of the molecule is CN[C@H]1CCCN(C(=O)c2ccc(F)c(F)c2F)C1. The minimum absolute atomic E-state index is 0.144. The molecular weight excluding hydrogens is 257 g/mol. The summed E-state index contributed by atoms with van der Waals surface area (Å²) in [6, 6.07) is 1.90. The summed E-state index contributed by atoms with van der Waals surface area (Å²) < 4.78 is 39.5. The van der Waals surface area contributed by atoms with E-state index in [0.29, 0.717) is 13.1 Å². The van der Waals surface area contributed by atoms with Crippen LogP contribution in [0, 0.1) is 17.5 Å². The Morgan fingerprint density at radius 3 is 2.74 bits per heavy atom. The van der Waals surface area contributed by atoms with E-state index in [1.165, 1.54) is 4.90 Å². The van der Waals surface area contributed by atoms with E-state index in [-0.39, 0.29) is 6.04 Å². The van der Waals surface area contributed by atoms with Gasteiger partial charge >= 0.3 is 0 Å². The van der Waals surface area contributed by atoms with Gasteiger partial charge < -0.3 is 10.2 Å². The Morgan fingerprint density at radius 2 is 2.05 bits per heavy atom. The molecule has 1 atom stereocenters. The number of nitrogens with one attached hydrogen (secondary N) is 1. The van der Waals surface area contributed by atoms with Gasteiger partial charge in [-0.3, -0.25) is 4.79 Å². The van der Waals surface area contributed by atoms with Gasteiger partial charge in [0.15, 0.2) is 17.5 Å². The fourth-order valence-corrected chi connectivity index (χ4v) is 2.26. The Kier molecular flexibility index (Phi) is 4.09. The van der Waals surface area contributed by atoms with Crippen molar-refractivity contribution in [2.45, 2.75) is 18.9 Å². The third-order valence-corrected chi connectivity index (χ3v) is 3.38. The number of likely N-dealkylation sites (N-methyl/N-ethyl adjacent to an activating group) is 1. The van der Waals surface area contributed by atoms with Crippen LogP contribution in [0.2, 0.25) is 0 Å². The topological polar surface area (TPSA) is 32.3 Å². The van der Waals surface area contributed by atoms with E-state index in [1.807, 2.05) is 0 Å². The molecule has 6 heteroatoms. The highest BCUT2D eigenvalue weighted by Gasteiger charge is 2.27. The van der Waals surface area contributed by atoms with Crippen LogP contribution in [0.25, 0.3) is 0 Å². The summed E-state index contributed by atoms with van der Waals surface area (Å²) in [5, 5.41) is 3.05. The fourth-order valence-electron chi connectivity index (χ4n) is 2.26. The first-order valence-electron chi connectivity index (χ1n) is 6.14. The van der Waals surface area contributed by atoms with Crippen molar-refractivity contribution in [1.29, 1.82) is 0 Å². The Bertz CT molecular complexity index is 493. The van der Waals surface area contributed by atoms with Gasteiger partial charge in [-0.25, -0.2) is 13.2 Å². The summed E-state index contributed by atoms with van der Waals surface area (Å²) in [7, 11) is 1.79. The molecule has 0 aromatic heterocycles. The number of halogens is 3. The van der Waals surface area contributed by atoms with E-state index in [0.717, 1.165) is 25.0 Å². The van der Waals surface area contributed by atoms with Crippen LogP contribution >= 0.6 is 0 Å². The number of amides is 1. The molecule has 1 N–H and O–H groups in total. The second-order valence-corrected chi connectivity index (χ2v) is 4.60. The van der Waals surface area contributed by atoms with E-state index in [2.05, 4.69) is 5.32 Å². The molecule has 1 amide bonds. The van der Waals surface area contributed by atoms with Crippen molar-refractivity contribution in [2.75, 3.05) is 20.1 Å². The van der Waals surface area contributed by atoms with Gasteiger partial charge in [0.25, 0.3) is 5.91 Å². The zero-order chi connectivity index (χ0) is 14.0. The second kappa shape index (κ2) is 5.61. The van der Waals surface area contributed by atoms with Crippen molar-refractivity contribution in [3.63, 3.8) is 0 Å². The first kappa shape index (κ1) is 13.9. The third-order valence-electron chi connectivity index (χ3n) is 3.38. The number of likely N-dealkylation sites (tertiary alicyclic amines) is 1. The maximum Gasteiger partial charge on any atom is 0.256 e. The molecule has 1 fully saturated rings. The number of rotatable bonds is 2. The number of hydrogen-bond acceptors (Lipinski definition) is 2. The lowest BCUT2D eigenvalue weighted by atomic mass is 10.0. The molecule has 1 aliphatic rings. The number of benzene rings is 1. The first-order valence-corrected chi connectivity index (χ1v) is 6.14. The summed E-state index contributed by atoms with van der Waals surface area (Å²) in [5.41, 5.74) is -0.421. The van der Waals surface area contributed by atoms with Crippen LogP contribution in [0.5, 0.6) is 0 Å². The molecule has 0 aliphatic carbocycles. The number of carbonyl (C=O) groups is 1. The lowest BCUT2D eigenvalue weighted by Crippen LogP contribution is -2.47. The predicted molar refractivity (Wildman–Crippen MR) is 64.3 cm³/mol. The van der Waals surface area contributed by atoms with Crippen LogP contribution in [0.4, 0.5) is 13.2 Å². The Balaban J connectivity index is 2.22. The molecule has 0 unspecified atom stereocenters. The highest BCUT2D eigenvalue weighted by Crippen LogP contribution is 2.19. The lowest BCUT2D eigenvalue weighted by molar-refractivity contribution is 0.0692. The van der Waals surface area contributed by atoms with Crippen LogP contribution in [0.15, 0.2) is 12.1 Å². The average molecular weight is 272 g/mol. The molecule has 0 spiro atoms.